The minimum Gasteiger partial charge on any atom is -0.491 e. The van der Waals surface area contributed by atoms with E-state index in [4.69, 9.17) is 24.4 Å². The molecule has 0 fully saturated rings. The third kappa shape index (κ3) is 8.05. The highest BCUT2D eigenvalue weighted by atomic mass is 16.6. The summed E-state index contributed by atoms with van der Waals surface area (Å²) in [6, 6.07) is 14.3. The van der Waals surface area contributed by atoms with Crippen LogP contribution >= 0.6 is 0 Å². The molecular weight excluding hydrogens is 414 g/mol. The fourth-order valence-electron chi connectivity index (χ4n) is 3.08. The number of nitrogens with one attached hydrogen (secondary N) is 1. The number of carboxylic acid groups (broad SMARTS) is 1. The standard InChI is InChI=1S/C24H29NO7/c1-17-11-13-18(14-12-17)25-24(29)32-23(21(30-2)9-5-6-10-22(27)28)19-7-3-4-8-20(19)31-16-15-26/h3-4,6-8,10-14,21,23,26H,5,9,15-16H2,1-2H3,(H,25,29)(H,27,28)/b10-6+/t21-,23-/m0/s1. The van der Waals surface area contributed by atoms with Gasteiger partial charge in [-0.2, -0.15) is 0 Å². The maximum Gasteiger partial charge on any atom is 0.412 e. The minimum absolute atomic E-state index is 0.0816. The zero-order valence-corrected chi connectivity index (χ0v) is 18.2. The number of allylic oxidation sites excluding steroid dienone is 1. The summed E-state index contributed by atoms with van der Waals surface area (Å²) in [4.78, 5) is 23.4. The van der Waals surface area contributed by atoms with Gasteiger partial charge in [-0.25, -0.2) is 9.59 Å². The van der Waals surface area contributed by atoms with Crippen LogP contribution < -0.4 is 10.1 Å². The molecule has 3 N–H and O–H groups in total. The van der Waals surface area contributed by atoms with E-state index in [2.05, 4.69) is 5.32 Å². The van der Waals surface area contributed by atoms with Gasteiger partial charge in [0.1, 0.15) is 12.4 Å². The molecule has 2 atom stereocenters. The second kappa shape index (κ2) is 13.1. The molecule has 0 saturated carbocycles. The number of ether oxygens (including phenoxy) is 3. The summed E-state index contributed by atoms with van der Waals surface area (Å²) in [5, 5.41) is 20.6. The van der Waals surface area contributed by atoms with Crippen molar-refractivity contribution in [2.24, 2.45) is 0 Å². The second-order valence-electron chi connectivity index (χ2n) is 7.02. The van der Waals surface area contributed by atoms with Crippen molar-refractivity contribution < 1.29 is 34.0 Å². The first-order chi connectivity index (χ1) is 15.4. The summed E-state index contributed by atoms with van der Waals surface area (Å²) in [6.45, 7) is 1.86. The molecule has 0 saturated heterocycles. The van der Waals surface area contributed by atoms with Crippen LogP contribution in [-0.4, -0.2) is 48.7 Å². The first-order valence-electron chi connectivity index (χ1n) is 10.2. The molecule has 2 rings (SSSR count). The maximum absolute atomic E-state index is 12.7. The molecule has 0 unspecified atom stereocenters. The number of rotatable bonds is 12. The Balaban J connectivity index is 2.25. The normalized spacial score (nSPS) is 12.8. The van der Waals surface area contributed by atoms with Gasteiger partial charge in [0, 0.05) is 24.4 Å². The van der Waals surface area contributed by atoms with Crippen molar-refractivity contribution >= 4 is 17.7 Å². The molecule has 1 amide bonds. The Hall–Kier alpha value is -3.36. The first-order valence-corrected chi connectivity index (χ1v) is 10.2. The summed E-state index contributed by atoms with van der Waals surface area (Å²) >= 11 is 0. The average molecular weight is 443 g/mol. The predicted octanol–water partition coefficient (Wildman–Crippen LogP) is 4.09. The number of anilines is 1. The number of amides is 1. The van der Waals surface area contributed by atoms with Crippen LogP contribution in [0, 0.1) is 6.92 Å². The molecule has 0 aliphatic heterocycles. The summed E-state index contributed by atoms with van der Waals surface area (Å²) in [5.41, 5.74) is 2.22. The van der Waals surface area contributed by atoms with Crippen molar-refractivity contribution in [1.82, 2.24) is 0 Å². The number of para-hydroxylation sites is 1. The first kappa shape index (κ1) is 24.9. The van der Waals surface area contributed by atoms with Gasteiger partial charge < -0.3 is 24.4 Å². The van der Waals surface area contributed by atoms with Gasteiger partial charge in [0.25, 0.3) is 0 Å². The summed E-state index contributed by atoms with van der Waals surface area (Å²) < 4.78 is 17.0. The molecule has 2 aromatic rings. The van der Waals surface area contributed by atoms with Crippen molar-refractivity contribution in [2.45, 2.75) is 32.0 Å². The van der Waals surface area contributed by atoms with Gasteiger partial charge in [-0.3, -0.25) is 5.32 Å². The van der Waals surface area contributed by atoms with Crippen LogP contribution in [0.3, 0.4) is 0 Å². The van der Waals surface area contributed by atoms with Gasteiger partial charge in [-0.15, -0.1) is 0 Å². The molecule has 2 aromatic carbocycles. The van der Waals surface area contributed by atoms with E-state index in [0.29, 0.717) is 29.8 Å². The van der Waals surface area contributed by atoms with Gasteiger partial charge in [-0.05, 0) is 38.0 Å². The molecule has 0 aromatic heterocycles. The number of carboxylic acids is 1. The van der Waals surface area contributed by atoms with Crippen molar-refractivity contribution in [3.8, 4) is 5.75 Å². The molecular formula is C24H29NO7. The Labute approximate surface area is 187 Å². The molecule has 172 valence electrons. The Morgan fingerprint density at radius 1 is 1.12 bits per heavy atom. The molecule has 0 heterocycles. The Morgan fingerprint density at radius 2 is 1.84 bits per heavy atom. The molecule has 8 heteroatoms. The number of aliphatic hydroxyl groups is 1. The number of hydrogen-bond donors (Lipinski definition) is 3. The molecule has 0 spiro atoms. The third-order valence-electron chi connectivity index (χ3n) is 4.63. The highest BCUT2D eigenvalue weighted by molar-refractivity contribution is 5.84. The number of benzene rings is 2. The predicted molar refractivity (Wildman–Crippen MR) is 120 cm³/mol. The fraction of sp³-hybridized carbons (Fsp3) is 0.333. The van der Waals surface area contributed by atoms with Gasteiger partial charge >= 0.3 is 12.1 Å². The molecule has 0 radical (unpaired) electrons. The van der Waals surface area contributed by atoms with Crippen LogP contribution in [0.5, 0.6) is 5.75 Å². The van der Waals surface area contributed by atoms with Crippen molar-refractivity contribution in [3.05, 3.63) is 71.8 Å². The van der Waals surface area contributed by atoms with E-state index in [9.17, 15) is 9.59 Å². The average Bonchev–Trinajstić information content (AvgIpc) is 2.78. The Morgan fingerprint density at radius 3 is 2.50 bits per heavy atom. The topological polar surface area (TPSA) is 114 Å². The van der Waals surface area contributed by atoms with Crippen molar-refractivity contribution in [3.63, 3.8) is 0 Å². The SMILES string of the molecule is CO[C@@H](CC/C=C/C(=O)O)[C@@H](OC(=O)Nc1ccc(C)cc1)c1ccccc1OCCO. The van der Waals surface area contributed by atoms with Crippen LogP contribution in [-0.2, 0) is 14.3 Å². The largest absolute Gasteiger partial charge is 0.491 e. The van der Waals surface area contributed by atoms with Gasteiger partial charge in [0.05, 0.1) is 12.7 Å². The van der Waals surface area contributed by atoms with Gasteiger partial charge in [0.2, 0.25) is 0 Å². The van der Waals surface area contributed by atoms with E-state index in [1.807, 2.05) is 19.1 Å². The number of aliphatic hydroxyl groups excluding tert-OH is 1. The lowest BCUT2D eigenvalue weighted by molar-refractivity contribution is -0.131. The minimum atomic E-state index is -1.04. The zero-order valence-electron chi connectivity index (χ0n) is 18.2. The third-order valence-corrected chi connectivity index (χ3v) is 4.63. The second-order valence-corrected chi connectivity index (χ2v) is 7.02. The van der Waals surface area contributed by atoms with Gasteiger partial charge in [-0.1, -0.05) is 42.0 Å². The lowest BCUT2D eigenvalue weighted by Gasteiger charge is -2.27. The van der Waals surface area contributed by atoms with Crippen LogP contribution in [0.4, 0.5) is 10.5 Å². The fourth-order valence-corrected chi connectivity index (χ4v) is 3.08. The van der Waals surface area contributed by atoms with Crippen LogP contribution in [0.25, 0.3) is 0 Å². The van der Waals surface area contributed by atoms with E-state index >= 15 is 0 Å². The molecule has 0 aliphatic carbocycles. The highest BCUT2D eigenvalue weighted by Crippen LogP contribution is 2.33. The summed E-state index contributed by atoms with van der Waals surface area (Å²) in [7, 11) is 1.50. The molecule has 0 bridgehead atoms. The van der Waals surface area contributed by atoms with Crippen LogP contribution in [0.2, 0.25) is 0 Å². The van der Waals surface area contributed by atoms with E-state index in [-0.39, 0.29) is 13.2 Å². The van der Waals surface area contributed by atoms with E-state index in [1.54, 1.807) is 36.4 Å². The Kier molecular flexibility index (Phi) is 10.2. The smallest absolute Gasteiger partial charge is 0.412 e. The van der Waals surface area contributed by atoms with Crippen molar-refractivity contribution in [1.29, 1.82) is 0 Å². The quantitative estimate of drug-likeness (QED) is 0.423. The number of hydrogen-bond acceptors (Lipinski definition) is 6. The monoisotopic (exact) mass is 443 g/mol. The van der Waals surface area contributed by atoms with Crippen LogP contribution in [0.1, 0.15) is 30.1 Å². The maximum atomic E-state index is 12.7. The zero-order chi connectivity index (χ0) is 23.3. The molecule has 8 nitrogen and oxygen atoms in total. The summed E-state index contributed by atoms with van der Waals surface area (Å²) in [6.07, 6.45) is 1.31. The lowest BCUT2D eigenvalue weighted by Crippen LogP contribution is -2.28. The van der Waals surface area contributed by atoms with Crippen LogP contribution in [0.15, 0.2) is 60.7 Å². The van der Waals surface area contributed by atoms with Gasteiger partial charge in [0.15, 0.2) is 6.10 Å². The number of aliphatic carboxylic acids is 1. The van der Waals surface area contributed by atoms with E-state index < -0.39 is 24.3 Å². The number of methoxy groups -OCH3 is 1. The van der Waals surface area contributed by atoms with E-state index in [1.165, 1.54) is 13.2 Å². The highest BCUT2D eigenvalue weighted by Gasteiger charge is 2.29. The lowest BCUT2D eigenvalue weighted by atomic mass is 9.99. The molecule has 0 aliphatic rings. The Bertz CT molecular complexity index is 895. The number of aryl methyl sites for hydroxylation is 1. The number of carbonyl (C=O) groups is 2. The van der Waals surface area contributed by atoms with Crippen molar-refractivity contribution in [2.75, 3.05) is 25.6 Å². The molecule has 32 heavy (non-hydrogen) atoms. The number of carbonyl (C=O) groups excluding carboxylic acids is 1. The summed E-state index contributed by atoms with van der Waals surface area (Å²) in [5.74, 6) is -0.579. The van der Waals surface area contributed by atoms with E-state index in [0.717, 1.165) is 11.6 Å².